The van der Waals surface area contributed by atoms with Crippen LogP contribution in [0.2, 0.25) is 0 Å². The lowest BCUT2D eigenvalue weighted by molar-refractivity contribution is 0.550. The molecule has 1 aliphatic heterocycles. The van der Waals surface area contributed by atoms with Crippen LogP contribution in [-0.4, -0.2) is 18.3 Å². The normalized spacial score (nSPS) is 16.2. The number of anilines is 1. The fourth-order valence-electron chi connectivity index (χ4n) is 3.48. The molecule has 2 aromatic rings. The smallest absolute Gasteiger partial charge is 0.0629 e. The molecular weight excluding hydrogens is 292 g/mol. The number of benzene rings is 2. The molecule has 1 heterocycles. The zero-order valence-electron chi connectivity index (χ0n) is 15.1. The van der Waals surface area contributed by atoms with Crippen LogP contribution in [0.5, 0.6) is 0 Å². The van der Waals surface area contributed by atoms with E-state index < -0.39 is 0 Å². The molecule has 0 unspecified atom stereocenters. The number of allylic oxidation sites excluding steroid dienone is 1. The van der Waals surface area contributed by atoms with Gasteiger partial charge in [-0.15, -0.1) is 0 Å². The number of para-hydroxylation sites is 1. The van der Waals surface area contributed by atoms with Gasteiger partial charge in [0.25, 0.3) is 0 Å². The highest BCUT2D eigenvalue weighted by Crippen LogP contribution is 2.39. The fourth-order valence-corrected chi connectivity index (χ4v) is 3.48. The van der Waals surface area contributed by atoms with Crippen LogP contribution in [0.3, 0.4) is 0 Å². The fraction of sp³-hybridized carbons (Fsp3) is 0.318. The van der Waals surface area contributed by atoms with Crippen molar-refractivity contribution in [1.82, 2.24) is 0 Å². The first-order chi connectivity index (χ1) is 11.5. The van der Waals surface area contributed by atoms with Gasteiger partial charge >= 0.3 is 0 Å². The van der Waals surface area contributed by atoms with Gasteiger partial charge in [-0.25, -0.2) is 0 Å². The number of hydrogen-bond donors (Lipinski definition) is 0. The van der Waals surface area contributed by atoms with Crippen molar-refractivity contribution in [3.8, 4) is 0 Å². The molecule has 24 heavy (non-hydrogen) atoms. The highest BCUT2D eigenvalue weighted by atomic mass is 15.2. The summed E-state index contributed by atoms with van der Waals surface area (Å²) >= 11 is 0. The molecule has 2 heteroatoms. The van der Waals surface area contributed by atoms with Crippen molar-refractivity contribution in [2.45, 2.75) is 39.7 Å². The molecule has 0 saturated heterocycles. The van der Waals surface area contributed by atoms with Gasteiger partial charge in [0.2, 0.25) is 0 Å². The summed E-state index contributed by atoms with van der Waals surface area (Å²) in [5.74, 6) is 0. The van der Waals surface area contributed by atoms with Crippen LogP contribution in [0.15, 0.2) is 59.6 Å². The molecule has 0 N–H and O–H groups in total. The molecule has 0 atom stereocenters. The molecule has 0 bridgehead atoms. The van der Waals surface area contributed by atoms with E-state index in [0.29, 0.717) is 0 Å². The van der Waals surface area contributed by atoms with E-state index in [0.717, 1.165) is 24.2 Å². The van der Waals surface area contributed by atoms with Gasteiger partial charge in [-0.2, -0.15) is 0 Å². The molecular formula is C22H26N2. The first kappa shape index (κ1) is 16.5. The zero-order chi connectivity index (χ0) is 17.2. The van der Waals surface area contributed by atoms with Crippen molar-refractivity contribution in [3.63, 3.8) is 0 Å². The van der Waals surface area contributed by atoms with E-state index in [1.54, 1.807) is 0 Å². The lowest BCUT2D eigenvalue weighted by Crippen LogP contribution is -2.45. The summed E-state index contributed by atoms with van der Waals surface area (Å²) in [6.07, 6.45) is 5.48. The second-order valence-electron chi connectivity index (χ2n) is 7.00. The maximum absolute atomic E-state index is 4.58. The van der Waals surface area contributed by atoms with E-state index in [2.05, 4.69) is 61.9 Å². The summed E-state index contributed by atoms with van der Waals surface area (Å²) in [6.45, 7) is 10.1. The van der Waals surface area contributed by atoms with Gasteiger partial charge in [0.05, 0.1) is 11.2 Å². The Balaban J connectivity index is 1.96. The van der Waals surface area contributed by atoms with Crippen LogP contribution in [0.25, 0.3) is 5.57 Å². The predicted molar refractivity (Wildman–Crippen MR) is 106 cm³/mol. The van der Waals surface area contributed by atoms with Crippen molar-refractivity contribution in [2.24, 2.45) is 4.99 Å². The molecule has 0 amide bonds. The van der Waals surface area contributed by atoms with Crippen molar-refractivity contribution < 1.29 is 0 Å². The first-order valence-electron chi connectivity index (χ1n) is 8.72. The minimum Gasteiger partial charge on any atom is -0.362 e. The van der Waals surface area contributed by atoms with Gasteiger partial charge in [-0.3, -0.25) is 4.99 Å². The highest BCUT2D eigenvalue weighted by molar-refractivity contribution is 5.88. The van der Waals surface area contributed by atoms with Crippen LogP contribution in [-0.2, 0) is 0 Å². The third kappa shape index (κ3) is 3.28. The summed E-state index contributed by atoms with van der Waals surface area (Å²) < 4.78 is 0. The standard InChI is InChI=1S/C22H26N2/c1-5-13-24-21-12-11-18(16-23-19-9-7-6-8-10-19)14-20(21)17(2)15-22(24,3)4/h6-12,14-16H,5,13H2,1-4H3. The molecule has 2 aromatic carbocycles. The quantitative estimate of drug-likeness (QED) is 0.646. The Labute approximate surface area is 145 Å². The van der Waals surface area contributed by atoms with Crippen LogP contribution < -0.4 is 4.90 Å². The second kappa shape index (κ2) is 6.64. The molecule has 124 valence electrons. The maximum Gasteiger partial charge on any atom is 0.0629 e. The lowest BCUT2D eigenvalue weighted by Gasteiger charge is -2.43. The van der Waals surface area contributed by atoms with Gasteiger partial charge < -0.3 is 4.90 Å². The van der Waals surface area contributed by atoms with Crippen molar-refractivity contribution in [3.05, 3.63) is 65.7 Å². The van der Waals surface area contributed by atoms with E-state index in [1.165, 1.54) is 16.8 Å². The van der Waals surface area contributed by atoms with Crippen molar-refractivity contribution in [2.75, 3.05) is 11.4 Å². The van der Waals surface area contributed by atoms with Crippen LogP contribution in [0, 0.1) is 0 Å². The van der Waals surface area contributed by atoms with E-state index in [4.69, 9.17) is 0 Å². The van der Waals surface area contributed by atoms with Crippen molar-refractivity contribution >= 4 is 23.2 Å². The monoisotopic (exact) mass is 318 g/mol. The van der Waals surface area contributed by atoms with E-state index in [9.17, 15) is 0 Å². The third-order valence-electron chi connectivity index (χ3n) is 4.57. The minimum absolute atomic E-state index is 0.0622. The molecule has 0 fully saturated rings. The second-order valence-corrected chi connectivity index (χ2v) is 7.00. The lowest BCUT2D eigenvalue weighted by atomic mass is 9.88. The minimum atomic E-state index is 0.0622. The molecule has 0 spiro atoms. The van der Waals surface area contributed by atoms with Gasteiger partial charge in [0.15, 0.2) is 0 Å². The van der Waals surface area contributed by atoms with Crippen LogP contribution in [0.1, 0.15) is 45.2 Å². The molecule has 3 rings (SSSR count). The zero-order valence-corrected chi connectivity index (χ0v) is 15.1. The summed E-state index contributed by atoms with van der Waals surface area (Å²) in [4.78, 5) is 7.08. The van der Waals surface area contributed by atoms with Gasteiger partial charge in [0, 0.05) is 24.0 Å². The molecule has 0 aliphatic carbocycles. The number of hydrogen-bond acceptors (Lipinski definition) is 2. The van der Waals surface area contributed by atoms with Crippen LogP contribution in [0.4, 0.5) is 11.4 Å². The topological polar surface area (TPSA) is 15.6 Å². The predicted octanol–water partition coefficient (Wildman–Crippen LogP) is 5.85. The third-order valence-corrected chi connectivity index (χ3v) is 4.57. The van der Waals surface area contributed by atoms with Gasteiger partial charge in [0.1, 0.15) is 0 Å². The number of rotatable bonds is 4. The summed E-state index contributed by atoms with van der Waals surface area (Å²) in [5, 5.41) is 0. The number of nitrogens with zero attached hydrogens (tertiary/aromatic N) is 2. The summed E-state index contributed by atoms with van der Waals surface area (Å²) in [6, 6.07) is 16.7. The Kier molecular flexibility index (Phi) is 4.57. The average Bonchev–Trinajstić information content (AvgIpc) is 2.57. The van der Waals surface area contributed by atoms with E-state index >= 15 is 0 Å². The Hall–Kier alpha value is -2.35. The average molecular weight is 318 g/mol. The summed E-state index contributed by atoms with van der Waals surface area (Å²) in [7, 11) is 0. The Morgan fingerprint density at radius 1 is 1.08 bits per heavy atom. The molecule has 0 saturated carbocycles. The molecule has 2 nitrogen and oxygen atoms in total. The Morgan fingerprint density at radius 3 is 2.54 bits per heavy atom. The molecule has 0 radical (unpaired) electrons. The van der Waals surface area contributed by atoms with Crippen LogP contribution >= 0.6 is 0 Å². The van der Waals surface area contributed by atoms with E-state index in [-0.39, 0.29) is 5.54 Å². The highest BCUT2D eigenvalue weighted by Gasteiger charge is 2.30. The number of fused-ring (bicyclic) bond motifs is 1. The SMILES string of the molecule is CCCN1c2ccc(C=Nc3ccccc3)cc2C(C)=CC1(C)C. The first-order valence-corrected chi connectivity index (χ1v) is 8.72. The Morgan fingerprint density at radius 2 is 1.83 bits per heavy atom. The summed E-state index contributed by atoms with van der Waals surface area (Å²) in [5.41, 5.74) is 6.18. The molecule has 1 aliphatic rings. The van der Waals surface area contributed by atoms with E-state index in [1.807, 2.05) is 36.5 Å². The number of aliphatic imine (C=N–C) groups is 1. The van der Waals surface area contributed by atoms with Gasteiger partial charge in [-0.05, 0) is 62.6 Å². The Bertz CT molecular complexity index is 770. The van der Waals surface area contributed by atoms with Gasteiger partial charge in [-0.1, -0.05) is 37.3 Å². The maximum atomic E-state index is 4.58. The molecule has 0 aromatic heterocycles. The van der Waals surface area contributed by atoms with Crippen molar-refractivity contribution in [1.29, 1.82) is 0 Å². The largest absolute Gasteiger partial charge is 0.362 e.